The van der Waals surface area contributed by atoms with Gasteiger partial charge in [0.1, 0.15) is 24.0 Å². The van der Waals surface area contributed by atoms with Crippen LogP contribution in [-0.4, -0.2) is 92.4 Å². The van der Waals surface area contributed by atoms with E-state index >= 15 is 4.39 Å². The maximum Gasteiger partial charge on any atom is 0.269 e. The molecule has 0 aromatic rings. The van der Waals surface area contributed by atoms with Crippen LogP contribution in [0.4, 0.5) is 8.78 Å². The minimum absolute atomic E-state index is 0.139. The summed E-state index contributed by atoms with van der Waals surface area (Å²) in [6.07, 6.45) is 10.7. The number of carbonyl (C=O) groups is 1. The van der Waals surface area contributed by atoms with E-state index in [1.807, 2.05) is 34.6 Å². The van der Waals surface area contributed by atoms with E-state index in [1.54, 1.807) is 13.0 Å². The smallest absolute Gasteiger partial charge is 0.269 e. The topological polar surface area (TPSA) is 118 Å². The Balaban J connectivity index is 0.00000276. The number of nitrogens with two attached hydrogens (primary N) is 1. The highest BCUT2D eigenvalue weighted by Gasteiger charge is 2.33. The van der Waals surface area contributed by atoms with Gasteiger partial charge in [-0.3, -0.25) is 14.7 Å². The number of piperazine rings is 1. The SMILES string of the molecule is C/C=C(/C(=O)NC(C1=NC/C(=C(F)\C(=C/CF)CN2CCNCC2)N1)C1CCCCCCC1)N(N)CC.CC.CC.CO. The third kappa shape index (κ3) is 13.9. The minimum atomic E-state index is -0.726. The molecule has 1 saturated heterocycles. The van der Waals surface area contributed by atoms with Gasteiger partial charge in [0, 0.05) is 52.0 Å². The highest BCUT2D eigenvalue weighted by molar-refractivity contribution is 5.99. The molecule has 6 N–H and O–H groups in total. The Hall–Kier alpha value is -2.34. The summed E-state index contributed by atoms with van der Waals surface area (Å²) in [5.74, 6) is 6.08. The van der Waals surface area contributed by atoms with Crippen LogP contribution in [0.3, 0.4) is 0 Å². The van der Waals surface area contributed by atoms with Gasteiger partial charge in [-0.05, 0) is 38.7 Å². The fraction of sp³-hybridized carbons (Fsp3) is 0.750. The second kappa shape index (κ2) is 25.0. The molecule has 2 fully saturated rings. The van der Waals surface area contributed by atoms with Crippen LogP contribution in [0, 0.1) is 5.92 Å². The lowest BCUT2D eigenvalue weighted by molar-refractivity contribution is -0.119. The van der Waals surface area contributed by atoms with E-state index in [2.05, 4.69) is 25.8 Å². The van der Waals surface area contributed by atoms with Crippen LogP contribution >= 0.6 is 0 Å². The molecule has 1 unspecified atom stereocenters. The van der Waals surface area contributed by atoms with Gasteiger partial charge in [0.05, 0.1) is 18.3 Å². The van der Waals surface area contributed by atoms with Crippen molar-refractivity contribution >= 4 is 11.7 Å². The Kier molecular flexibility index (Phi) is 23.7. The fourth-order valence-electron chi connectivity index (χ4n) is 5.36. The average molecular weight is 614 g/mol. The summed E-state index contributed by atoms with van der Waals surface area (Å²) in [6.45, 7) is 15.2. The van der Waals surface area contributed by atoms with E-state index in [0.29, 0.717) is 35.9 Å². The molecule has 0 aromatic carbocycles. The minimum Gasteiger partial charge on any atom is -0.400 e. The Bertz CT molecular complexity index is 879. The van der Waals surface area contributed by atoms with Gasteiger partial charge in [0.25, 0.3) is 5.91 Å². The van der Waals surface area contributed by atoms with E-state index in [0.717, 1.165) is 59.0 Å². The van der Waals surface area contributed by atoms with Crippen molar-refractivity contribution in [3.8, 4) is 0 Å². The first kappa shape index (κ1) is 40.7. The number of hydrogen-bond donors (Lipinski definition) is 5. The van der Waals surface area contributed by atoms with Gasteiger partial charge in [0.2, 0.25) is 0 Å². The lowest BCUT2D eigenvalue weighted by atomic mass is 9.85. The summed E-state index contributed by atoms with van der Waals surface area (Å²) < 4.78 is 29.0. The summed E-state index contributed by atoms with van der Waals surface area (Å²) in [4.78, 5) is 20.0. The number of amides is 1. The van der Waals surface area contributed by atoms with Gasteiger partial charge in [-0.2, -0.15) is 0 Å². The van der Waals surface area contributed by atoms with Crippen LogP contribution in [0.5, 0.6) is 0 Å². The van der Waals surface area contributed by atoms with Crippen molar-refractivity contribution < 1.29 is 18.7 Å². The van der Waals surface area contributed by atoms with Gasteiger partial charge in [0.15, 0.2) is 0 Å². The number of aliphatic hydroxyl groups excluding tert-OH is 1. The van der Waals surface area contributed by atoms with E-state index in [1.165, 1.54) is 30.3 Å². The van der Waals surface area contributed by atoms with Crippen molar-refractivity contribution in [2.24, 2.45) is 16.8 Å². The van der Waals surface area contributed by atoms with Gasteiger partial charge >= 0.3 is 0 Å². The lowest BCUT2D eigenvalue weighted by Gasteiger charge is -2.31. The Labute approximate surface area is 260 Å². The van der Waals surface area contributed by atoms with Crippen LogP contribution in [0.15, 0.2) is 39.9 Å². The molecule has 43 heavy (non-hydrogen) atoms. The Morgan fingerprint density at radius 3 is 2.26 bits per heavy atom. The average Bonchev–Trinajstić information content (AvgIpc) is 3.53. The number of halogens is 2. The van der Waals surface area contributed by atoms with Crippen LogP contribution in [0.25, 0.3) is 0 Å². The second-order valence-corrected chi connectivity index (χ2v) is 10.0. The maximum atomic E-state index is 15.7. The monoisotopic (exact) mass is 613 g/mol. The molecule has 0 aromatic heterocycles. The van der Waals surface area contributed by atoms with Crippen molar-refractivity contribution in [3.05, 3.63) is 34.9 Å². The van der Waals surface area contributed by atoms with Gasteiger partial charge in [-0.1, -0.05) is 65.9 Å². The molecule has 1 atom stereocenters. The Morgan fingerprint density at radius 2 is 1.72 bits per heavy atom. The van der Waals surface area contributed by atoms with Gasteiger partial charge in [-0.15, -0.1) is 0 Å². The number of aliphatic hydroxyl groups is 1. The normalized spacial score (nSPS) is 20.2. The first-order valence-corrected chi connectivity index (χ1v) is 16.3. The van der Waals surface area contributed by atoms with Crippen molar-refractivity contribution in [2.75, 3.05) is 59.6 Å². The number of nitrogens with zero attached hydrogens (tertiary/aromatic N) is 3. The van der Waals surface area contributed by atoms with Crippen LogP contribution in [-0.2, 0) is 4.79 Å². The van der Waals surface area contributed by atoms with Gasteiger partial charge < -0.3 is 26.1 Å². The number of likely N-dealkylation sites (N-methyl/N-ethyl adjacent to an activating group) is 1. The predicted molar refractivity (Wildman–Crippen MR) is 176 cm³/mol. The summed E-state index contributed by atoms with van der Waals surface area (Å²) in [5, 5.41) is 18.1. The predicted octanol–water partition coefficient (Wildman–Crippen LogP) is 4.58. The standard InChI is InChI=1S/C27H45F2N7O.2C2H6.CH4O/c1-3-23(36(30)4-2)27(37)34-25(20-10-8-6-5-7-9-11-20)26-32-18-22(33-26)24(29)21(12-13-28)19-35-16-14-31-15-17-35;3*1-2/h3,12,20,25,31H,4-11,13-19,30H2,1-2H3,(H,32,33)(H,34,37);2*1-2H3;2H,1H3/b21-12-,23-3-,24-22-;;;. The molecule has 11 heteroatoms. The largest absolute Gasteiger partial charge is 0.400 e. The number of rotatable bonds is 10. The molecule has 0 spiro atoms. The second-order valence-electron chi connectivity index (χ2n) is 10.0. The zero-order valence-electron chi connectivity index (χ0n) is 27.9. The number of hydrazine groups is 1. The molecule has 2 heterocycles. The molecule has 9 nitrogen and oxygen atoms in total. The van der Waals surface area contributed by atoms with E-state index < -0.39 is 12.5 Å². The molecule has 1 aliphatic carbocycles. The number of hydrogen-bond acceptors (Lipinski definition) is 8. The molecule has 0 bridgehead atoms. The quantitative estimate of drug-likeness (QED) is 0.139. The summed E-state index contributed by atoms with van der Waals surface area (Å²) in [5.41, 5.74) is 1.06. The number of alkyl halides is 1. The lowest BCUT2D eigenvalue weighted by Crippen LogP contribution is -2.52. The first-order chi connectivity index (χ1) is 21.0. The molecule has 2 aliphatic heterocycles. The molecule has 3 rings (SSSR count). The summed E-state index contributed by atoms with van der Waals surface area (Å²) >= 11 is 0. The highest BCUT2D eigenvalue weighted by Crippen LogP contribution is 2.28. The number of aliphatic imine (C=N–C) groups is 1. The van der Waals surface area contributed by atoms with E-state index in [4.69, 9.17) is 10.9 Å². The highest BCUT2D eigenvalue weighted by atomic mass is 19.1. The van der Waals surface area contributed by atoms with Crippen molar-refractivity contribution in [2.45, 2.75) is 92.5 Å². The molecule has 1 amide bonds. The summed E-state index contributed by atoms with van der Waals surface area (Å²) in [6, 6.07) is -0.377. The van der Waals surface area contributed by atoms with Crippen LogP contribution in [0.1, 0.15) is 86.5 Å². The zero-order valence-corrected chi connectivity index (χ0v) is 27.9. The number of carbonyl (C=O) groups excluding carboxylic acids is 1. The molecule has 1 saturated carbocycles. The molecule has 3 aliphatic rings. The first-order valence-electron chi connectivity index (χ1n) is 16.3. The number of allylic oxidation sites excluding steroid dienone is 2. The van der Waals surface area contributed by atoms with Crippen molar-refractivity contribution in [3.63, 3.8) is 0 Å². The van der Waals surface area contributed by atoms with Crippen molar-refractivity contribution in [1.82, 2.24) is 25.9 Å². The third-order valence-electron chi connectivity index (χ3n) is 7.52. The van der Waals surface area contributed by atoms with Gasteiger partial charge in [-0.25, -0.2) is 14.6 Å². The molecular weight excluding hydrogens is 552 g/mol. The number of nitrogens with one attached hydrogen (secondary N) is 3. The molecule has 250 valence electrons. The fourth-order valence-corrected chi connectivity index (χ4v) is 5.36. The number of amidine groups is 1. The van der Waals surface area contributed by atoms with E-state index in [9.17, 15) is 9.18 Å². The third-order valence-corrected chi connectivity index (χ3v) is 7.52. The summed E-state index contributed by atoms with van der Waals surface area (Å²) in [7, 11) is 1.00. The van der Waals surface area contributed by atoms with Crippen LogP contribution in [0.2, 0.25) is 0 Å². The molecule has 0 radical (unpaired) electrons. The Morgan fingerprint density at radius 1 is 1.14 bits per heavy atom. The zero-order chi connectivity index (χ0) is 32.6. The van der Waals surface area contributed by atoms with Crippen molar-refractivity contribution in [1.29, 1.82) is 0 Å². The van der Waals surface area contributed by atoms with Crippen LogP contribution < -0.4 is 21.8 Å². The maximum absolute atomic E-state index is 15.7. The molecular formula is C32H61F2N7O2. The van der Waals surface area contributed by atoms with E-state index in [-0.39, 0.29) is 24.4 Å².